The van der Waals surface area contributed by atoms with E-state index in [1.165, 1.54) is 12.8 Å². The fourth-order valence-corrected chi connectivity index (χ4v) is 2.89. The van der Waals surface area contributed by atoms with Gasteiger partial charge in [-0.2, -0.15) is 0 Å². The lowest BCUT2D eigenvalue weighted by atomic mass is 9.96. The number of carbonyl (C=O) groups excluding carboxylic acids is 2. The molecule has 2 saturated heterocycles. The standard InChI is InChI=1S/C13H20N2O3/c1-9(16)14-6-11(7-14)13(17)15-4-5-18-8-12(15)10-2-3-10/h10-12H,2-8H2,1H3/t12-/m0/s1. The highest BCUT2D eigenvalue weighted by molar-refractivity contribution is 5.84. The van der Waals surface area contributed by atoms with Gasteiger partial charge in [-0.25, -0.2) is 0 Å². The van der Waals surface area contributed by atoms with Crippen molar-refractivity contribution in [1.82, 2.24) is 9.80 Å². The Balaban J connectivity index is 1.59. The molecule has 0 N–H and O–H groups in total. The summed E-state index contributed by atoms with van der Waals surface area (Å²) in [7, 11) is 0. The highest BCUT2D eigenvalue weighted by Gasteiger charge is 2.43. The third-order valence-corrected chi connectivity index (χ3v) is 4.29. The smallest absolute Gasteiger partial charge is 0.229 e. The van der Waals surface area contributed by atoms with Gasteiger partial charge in [-0.1, -0.05) is 0 Å². The Morgan fingerprint density at radius 2 is 1.94 bits per heavy atom. The third-order valence-electron chi connectivity index (χ3n) is 4.29. The zero-order chi connectivity index (χ0) is 12.7. The average Bonchev–Trinajstić information content (AvgIpc) is 3.10. The van der Waals surface area contributed by atoms with Crippen molar-refractivity contribution >= 4 is 11.8 Å². The van der Waals surface area contributed by atoms with Crippen LogP contribution in [0.25, 0.3) is 0 Å². The number of likely N-dealkylation sites (tertiary alicyclic amines) is 1. The summed E-state index contributed by atoms with van der Waals surface area (Å²) in [6.45, 7) is 4.82. The first kappa shape index (κ1) is 12.0. The molecule has 3 rings (SSSR count). The van der Waals surface area contributed by atoms with Crippen molar-refractivity contribution in [2.24, 2.45) is 11.8 Å². The second-order valence-electron chi connectivity index (χ2n) is 5.63. The summed E-state index contributed by atoms with van der Waals surface area (Å²) in [5, 5.41) is 0. The minimum absolute atomic E-state index is 0.0215. The van der Waals surface area contributed by atoms with Crippen LogP contribution in [0, 0.1) is 11.8 Å². The van der Waals surface area contributed by atoms with Crippen molar-refractivity contribution in [3.05, 3.63) is 0 Å². The zero-order valence-corrected chi connectivity index (χ0v) is 10.8. The molecule has 100 valence electrons. The molecule has 0 spiro atoms. The predicted molar refractivity (Wildman–Crippen MR) is 64.8 cm³/mol. The lowest BCUT2D eigenvalue weighted by Crippen LogP contribution is -2.59. The summed E-state index contributed by atoms with van der Waals surface area (Å²) in [4.78, 5) is 27.3. The van der Waals surface area contributed by atoms with E-state index in [-0.39, 0.29) is 23.8 Å². The van der Waals surface area contributed by atoms with Gasteiger partial charge in [0.15, 0.2) is 0 Å². The number of morpholine rings is 1. The van der Waals surface area contributed by atoms with Crippen molar-refractivity contribution in [1.29, 1.82) is 0 Å². The Morgan fingerprint density at radius 1 is 1.22 bits per heavy atom. The third kappa shape index (κ3) is 2.11. The first-order valence-electron chi connectivity index (χ1n) is 6.80. The molecule has 0 aromatic carbocycles. The highest BCUT2D eigenvalue weighted by atomic mass is 16.5. The fraction of sp³-hybridized carbons (Fsp3) is 0.846. The summed E-state index contributed by atoms with van der Waals surface area (Å²) in [5.41, 5.74) is 0. The Bertz CT molecular complexity index is 361. The van der Waals surface area contributed by atoms with Gasteiger partial charge < -0.3 is 14.5 Å². The van der Waals surface area contributed by atoms with E-state index in [0.717, 1.165) is 6.54 Å². The van der Waals surface area contributed by atoms with E-state index in [1.807, 2.05) is 4.90 Å². The Morgan fingerprint density at radius 3 is 2.56 bits per heavy atom. The van der Waals surface area contributed by atoms with E-state index in [4.69, 9.17) is 4.74 Å². The fourth-order valence-electron chi connectivity index (χ4n) is 2.89. The monoisotopic (exact) mass is 252 g/mol. The van der Waals surface area contributed by atoms with Crippen LogP contribution < -0.4 is 0 Å². The molecule has 18 heavy (non-hydrogen) atoms. The van der Waals surface area contributed by atoms with Gasteiger partial charge in [0.25, 0.3) is 0 Å². The second-order valence-corrected chi connectivity index (χ2v) is 5.63. The molecule has 5 nitrogen and oxygen atoms in total. The van der Waals surface area contributed by atoms with Crippen LogP contribution in [0.5, 0.6) is 0 Å². The second kappa shape index (κ2) is 4.53. The van der Waals surface area contributed by atoms with Crippen LogP contribution in [0.15, 0.2) is 0 Å². The molecule has 1 atom stereocenters. The number of carbonyl (C=O) groups is 2. The average molecular weight is 252 g/mol. The molecular weight excluding hydrogens is 232 g/mol. The van der Waals surface area contributed by atoms with Crippen molar-refractivity contribution < 1.29 is 14.3 Å². The molecule has 2 aliphatic heterocycles. The van der Waals surface area contributed by atoms with E-state index in [1.54, 1.807) is 11.8 Å². The quantitative estimate of drug-likeness (QED) is 0.700. The van der Waals surface area contributed by atoms with Gasteiger partial charge in [0.2, 0.25) is 11.8 Å². The molecule has 5 heteroatoms. The van der Waals surface area contributed by atoms with Gasteiger partial charge in [0.1, 0.15) is 0 Å². The van der Waals surface area contributed by atoms with Crippen molar-refractivity contribution in [2.75, 3.05) is 32.8 Å². The number of nitrogens with zero attached hydrogens (tertiary/aromatic N) is 2. The highest BCUT2D eigenvalue weighted by Crippen LogP contribution is 2.37. The molecule has 3 aliphatic rings. The maximum atomic E-state index is 12.4. The van der Waals surface area contributed by atoms with Crippen molar-refractivity contribution in [3.63, 3.8) is 0 Å². The van der Waals surface area contributed by atoms with Gasteiger partial charge in [-0.15, -0.1) is 0 Å². The van der Waals surface area contributed by atoms with Crippen LogP contribution in [-0.2, 0) is 14.3 Å². The summed E-state index contributed by atoms with van der Waals surface area (Å²) in [6, 6.07) is 0.289. The summed E-state index contributed by atoms with van der Waals surface area (Å²) < 4.78 is 5.50. The van der Waals surface area contributed by atoms with Gasteiger partial charge in [0.05, 0.1) is 25.2 Å². The predicted octanol–water partition coefficient (Wildman–Crippen LogP) is 0.102. The lowest BCUT2D eigenvalue weighted by molar-refractivity contribution is -0.154. The van der Waals surface area contributed by atoms with Crippen LogP contribution in [0.1, 0.15) is 19.8 Å². The Labute approximate surface area is 107 Å². The minimum atomic E-state index is 0.0215. The first-order chi connectivity index (χ1) is 8.66. The molecule has 0 aromatic rings. The van der Waals surface area contributed by atoms with Gasteiger partial charge in [-0.05, 0) is 18.8 Å². The molecule has 0 radical (unpaired) electrons. The number of rotatable bonds is 2. The minimum Gasteiger partial charge on any atom is -0.377 e. The van der Waals surface area contributed by atoms with E-state index in [2.05, 4.69) is 0 Å². The van der Waals surface area contributed by atoms with Crippen molar-refractivity contribution in [3.8, 4) is 0 Å². The molecule has 2 amide bonds. The van der Waals surface area contributed by atoms with Crippen LogP contribution in [0.2, 0.25) is 0 Å². The molecule has 0 unspecified atom stereocenters. The van der Waals surface area contributed by atoms with E-state index < -0.39 is 0 Å². The maximum Gasteiger partial charge on any atom is 0.229 e. The normalized spacial score (nSPS) is 29.1. The SMILES string of the molecule is CC(=O)N1CC(C(=O)N2CCOC[C@H]2C2CC2)C1. The van der Waals surface area contributed by atoms with Crippen molar-refractivity contribution in [2.45, 2.75) is 25.8 Å². The number of hydrogen-bond donors (Lipinski definition) is 0. The van der Waals surface area contributed by atoms with E-state index >= 15 is 0 Å². The summed E-state index contributed by atoms with van der Waals surface area (Å²) in [6.07, 6.45) is 2.45. The van der Waals surface area contributed by atoms with Gasteiger partial charge in [-0.3, -0.25) is 9.59 Å². The Hall–Kier alpha value is -1.10. The number of amides is 2. The van der Waals surface area contributed by atoms with Gasteiger partial charge >= 0.3 is 0 Å². The topological polar surface area (TPSA) is 49.9 Å². The van der Waals surface area contributed by atoms with Crippen LogP contribution >= 0.6 is 0 Å². The Kier molecular flexibility index (Phi) is 3.01. The number of ether oxygens (including phenoxy) is 1. The summed E-state index contributed by atoms with van der Waals surface area (Å²) in [5.74, 6) is 0.971. The maximum absolute atomic E-state index is 12.4. The first-order valence-corrected chi connectivity index (χ1v) is 6.80. The van der Waals surface area contributed by atoms with Gasteiger partial charge in [0, 0.05) is 26.6 Å². The number of hydrogen-bond acceptors (Lipinski definition) is 3. The van der Waals surface area contributed by atoms with Crippen LogP contribution in [0.4, 0.5) is 0 Å². The molecule has 1 saturated carbocycles. The van der Waals surface area contributed by atoms with Crippen LogP contribution in [0.3, 0.4) is 0 Å². The molecule has 2 heterocycles. The molecule has 0 aromatic heterocycles. The lowest BCUT2D eigenvalue weighted by Gasteiger charge is -2.43. The van der Waals surface area contributed by atoms with Crippen LogP contribution in [-0.4, -0.2) is 60.5 Å². The summed E-state index contributed by atoms with van der Waals surface area (Å²) >= 11 is 0. The molecule has 0 bridgehead atoms. The molecular formula is C13H20N2O3. The molecule has 1 aliphatic carbocycles. The van der Waals surface area contributed by atoms with E-state index in [0.29, 0.717) is 32.2 Å². The van der Waals surface area contributed by atoms with E-state index in [9.17, 15) is 9.59 Å². The largest absolute Gasteiger partial charge is 0.377 e. The molecule has 3 fully saturated rings. The zero-order valence-electron chi connectivity index (χ0n) is 10.8.